The van der Waals surface area contributed by atoms with Gasteiger partial charge < -0.3 is 10.0 Å². The molecule has 0 bridgehead atoms. The maximum absolute atomic E-state index is 9.98. The number of nitrogens with zero attached hydrogens (tertiary/aromatic N) is 1. The highest BCUT2D eigenvalue weighted by molar-refractivity contribution is 5.49. The Labute approximate surface area is 114 Å². The van der Waals surface area contributed by atoms with E-state index in [-0.39, 0.29) is 12.1 Å². The predicted molar refractivity (Wildman–Crippen MR) is 78.2 cm³/mol. The minimum atomic E-state index is -0.190. The predicted octanol–water partition coefficient (Wildman–Crippen LogP) is 3.39. The quantitative estimate of drug-likeness (QED) is 0.886. The summed E-state index contributed by atoms with van der Waals surface area (Å²) in [4.78, 5) is 2.40. The van der Waals surface area contributed by atoms with Crippen molar-refractivity contribution < 1.29 is 5.11 Å². The average molecular weight is 253 g/mol. The molecule has 1 heterocycles. The fraction of sp³-hybridized carbons (Fsp3) is 0.294. The van der Waals surface area contributed by atoms with Crippen LogP contribution in [0.4, 0.5) is 5.69 Å². The first kappa shape index (κ1) is 12.2. The molecule has 1 aliphatic heterocycles. The lowest BCUT2D eigenvalue weighted by Gasteiger charge is -2.40. The Balaban J connectivity index is 1.93. The van der Waals surface area contributed by atoms with E-state index >= 15 is 0 Å². The molecular weight excluding hydrogens is 234 g/mol. The third-order valence-electron chi connectivity index (χ3n) is 3.85. The van der Waals surface area contributed by atoms with E-state index in [9.17, 15) is 5.11 Å². The van der Waals surface area contributed by atoms with Crippen molar-refractivity contribution in [1.29, 1.82) is 0 Å². The number of aliphatic hydroxyl groups excluding tert-OH is 1. The third-order valence-corrected chi connectivity index (χ3v) is 3.85. The third kappa shape index (κ3) is 2.64. The Morgan fingerprint density at radius 2 is 1.53 bits per heavy atom. The molecule has 2 aromatic carbocycles. The van der Waals surface area contributed by atoms with Crippen LogP contribution < -0.4 is 4.90 Å². The molecule has 2 heteroatoms. The smallest absolute Gasteiger partial charge is 0.0580 e. The lowest BCUT2D eigenvalue weighted by Crippen LogP contribution is -2.38. The van der Waals surface area contributed by atoms with Crippen molar-refractivity contribution >= 4 is 5.69 Å². The van der Waals surface area contributed by atoms with Crippen LogP contribution in [-0.2, 0) is 0 Å². The second-order valence-electron chi connectivity index (χ2n) is 5.13. The summed E-state index contributed by atoms with van der Waals surface area (Å²) >= 11 is 0. The van der Waals surface area contributed by atoms with Gasteiger partial charge in [0.05, 0.1) is 12.1 Å². The van der Waals surface area contributed by atoms with Crippen molar-refractivity contribution in [3.05, 3.63) is 66.2 Å². The molecule has 2 nitrogen and oxygen atoms in total. The topological polar surface area (TPSA) is 23.5 Å². The van der Waals surface area contributed by atoms with Gasteiger partial charge in [0.15, 0.2) is 0 Å². The first-order chi connectivity index (χ1) is 9.34. The largest absolute Gasteiger partial charge is 0.393 e. The van der Waals surface area contributed by atoms with E-state index in [4.69, 9.17) is 0 Å². The molecule has 0 spiro atoms. The van der Waals surface area contributed by atoms with E-state index in [1.165, 1.54) is 11.3 Å². The second kappa shape index (κ2) is 5.45. The molecule has 2 atom stereocenters. The van der Waals surface area contributed by atoms with E-state index in [0.717, 1.165) is 19.4 Å². The standard InChI is InChI=1S/C17H19NO/c19-16-11-12-18(15-9-5-2-6-10-15)17(13-16)14-7-3-1-4-8-14/h1-10,16-17,19H,11-13H2/t16-,17+/m0/s1. The number of anilines is 1. The number of rotatable bonds is 2. The molecule has 1 N–H and O–H groups in total. The molecule has 19 heavy (non-hydrogen) atoms. The Morgan fingerprint density at radius 1 is 0.895 bits per heavy atom. The SMILES string of the molecule is O[C@H]1CCN(c2ccccc2)[C@@H](c2ccccc2)C1. The van der Waals surface area contributed by atoms with Crippen molar-refractivity contribution in [2.75, 3.05) is 11.4 Å². The zero-order chi connectivity index (χ0) is 13.1. The molecule has 1 fully saturated rings. The molecule has 0 saturated carbocycles. The Bertz CT molecular complexity index is 511. The molecule has 3 rings (SSSR count). The lowest BCUT2D eigenvalue weighted by molar-refractivity contribution is 0.128. The Morgan fingerprint density at radius 3 is 2.21 bits per heavy atom. The lowest BCUT2D eigenvalue weighted by atomic mass is 9.93. The van der Waals surface area contributed by atoms with Crippen LogP contribution in [0.25, 0.3) is 0 Å². The monoisotopic (exact) mass is 253 g/mol. The van der Waals surface area contributed by atoms with Crippen LogP contribution in [0.3, 0.4) is 0 Å². The summed E-state index contributed by atoms with van der Waals surface area (Å²) in [7, 11) is 0. The molecule has 98 valence electrons. The molecule has 0 aliphatic carbocycles. The number of aliphatic hydroxyl groups is 1. The summed E-state index contributed by atoms with van der Waals surface area (Å²) in [5.74, 6) is 0. The molecule has 0 unspecified atom stereocenters. The minimum Gasteiger partial charge on any atom is -0.393 e. The van der Waals surface area contributed by atoms with E-state index in [0.29, 0.717) is 0 Å². The van der Waals surface area contributed by atoms with Crippen LogP contribution in [-0.4, -0.2) is 17.8 Å². The fourth-order valence-electron chi connectivity index (χ4n) is 2.87. The molecule has 0 aromatic heterocycles. The van der Waals surface area contributed by atoms with E-state index in [1.807, 2.05) is 12.1 Å². The van der Waals surface area contributed by atoms with Crippen molar-refractivity contribution in [2.24, 2.45) is 0 Å². The fourth-order valence-corrected chi connectivity index (χ4v) is 2.87. The summed E-state index contributed by atoms with van der Waals surface area (Å²) in [6.45, 7) is 0.907. The highest BCUT2D eigenvalue weighted by Gasteiger charge is 2.28. The van der Waals surface area contributed by atoms with Gasteiger partial charge in [-0.2, -0.15) is 0 Å². The molecule has 1 aliphatic rings. The Kier molecular flexibility index (Phi) is 3.51. The van der Waals surface area contributed by atoms with Crippen molar-refractivity contribution in [3.8, 4) is 0 Å². The second-order valence-corrected chi connectivity index (χ2v) is 5.13. The summed E-state index contributed by atoms with van der Waals surface area (Å²) in [6, 6.07) is 21.2. The average Bonchev–Trinajstić information content (AvgIpc) is 2.49. The van der Waals surface area contributed by atoms with Gasteiger partial charge in [-0.3, -0.25) is 0 Å². The van der Waals surface area contributed by atoms with Gasteiger partial charge in [-0.15, -0.1) is 0 Å². The number of piperidine rings is 1. The summed E-state index contributed by atoms with van der Waals surface area (Å²) in [6.07, 6.45) is 1.46. The van der Waals surface area contributed by atoms with Crippen LogP contribution in [0.5, 0.6) is 0 Å². The van der Waals surface area contributed by atoms with Crippen LogP contribution in [0, 0.1) is 0 Å². The van der Waals surface area contributed by atoms with Crippen molar-refractivity contribution in [1.82, 2.24) is 0 Å². The number of hydrogen-bond donors (Lipinski definition) is 1. The van der Waals surface area contributed by atoms with Gasteiger partial charge >= 0.3 is 0 Å². The highest BCUT2D eigenvalue weighted by atomic mass is 16.3. The molecule has 1 saturated heterocycles. The van der Waals surface area contributed by atoms with Crippen molar-refractivity contribution in [3.63, 3.8) is 0 Å². The summed E-state index contributed by atoms with van der Waals surface area (Å²) in [5.41, 5.74) is 2.52. The number of benzene rings is 2. The summed E-state index contributed by atoms with van der Waals surface area (Å²) < 4.78 is 0. The van der Waals surface area contributed by atoms with Gasteiger partial charge in [-0.1, -0.05) is 48.5 Å². The molecular formula is C17H19NO. The van der Waals surface area contributed by atoms with Gasteiger partial charge in [0, 0.05) is 12.2 Å². The van der Waals surface area contributed by atoms with Crippen LogP contribution >= 0.6 is 0 Å². The van der Waals surface area contributed by atoms with Gasteiger partial charge in [-0.05, 0) is 30.5 Å². The van der Waals surface area contributed by atoms with Crippen LogP contribution in [0.2, 0.25) is 0 Å². The van der Waals surface area contributed by atoms with E-state index in [1.54, 1.807) is 0 Å². The number of para-hydroxylation sites is 1. The first-order valence-electron chi connectivity index (χ1n) is 6.89. The van der Waals surface area contributed by atoms with Gasteiger partial charge in [0.1, 0.15) is 0 Å². The first-order valence-corrected chi connectivity index (χ1v) is 6.89. The van der Waals surface area contributed by atoms with Crippen molar-refractivity contribution in [2.45, 2.75) is 25.0 Å². The maximum Gasteiger partial charge on any atom is 0.0580 e. The molecule has 2 aromatic rings. The molecule has 0 amide bonds. The van der Waals surface area contributed by atoms with Crippen LogP contribution in [0.15, 0.2) is 60.7 Å². The summed E-state index contributed by atoms with van der Waals surface area (Å²) in [5, 5.41) is 9.98. The highest BCUT2D eigenvalue weighted by Crippen LogP contribution is 2.34. The minimum absolute atomic E-state index is 0.190. The maximum atomic E-state index is 9.98. The zero-order valence-electron chi connectivity index (χ0n) is 10.9. The van der Waals surface area contributed by atoms with E-state index in [2.05, 4.69) is 53.4 Å². The van der Waals surface area contributed by atoms with E-state index < -0.39 is 0 Å². The number of hydrogen-bond acceptors (Lipinski definition) is 2. The van der Waals surface area contributed by atoms with Gasteiger partial charge in [0.2, 0.25) is 0 Å². The zero-order valence-corrected chi connectivity index (χ0v) is 10.9. The van der Waals surface area contributed by atoms with Crippen LogP contribution in [0.1, 0.15) is 24.4 Å². The Hall–Kier alpha value is -1.80. The van der Waals surface area contributed by atoms with Gasteiger partial charge in [-0.25, -0.2) is 0 Å². The normalized spacial score (nSPS) is 23.3. The molecule has 0 radical (unpaired) electrons. The van der Waals surface area contributed by atoms with Gasteiger partial charge in [0.25, 0.3) is 0 Å².